The molecule has 0 saturated heterocycles. The number of fused-ring (bicyclic) bond motifs is 1. The third kappa shape index (κ3) is 2.64. The number of benzene rings is 2. The lowest BCUT2D eigenvalue weighted by atomic mass is 10.0. The largest absolute Gasteiger partial charge is 0.480 e. The van der Waals surface area contributed by atoms with E-state index in [1.165, 1.54) is 12.1 Å². The van der Waals surface area contributed by atoms with Gasteiger partial charge in [0.2, 0.25) is 0 Å². The van der Waals surface area contributed by atoms with Gasteiger partial charge in [-0.3, -0.25) is 4.79 Å². The maximum atomic E-state index is 13.1. The minimum absolute atomic E-state index is 0.245. The molecule has 3 nitrogen and oxygen atoms in total. The highest BCUT2D eigenvalue weighted by molar-refractivity contribution is 5.94. The molecule has 0 radical (unpaired) electrons. The Morgan fingerprint density at radius 2 is 2.05 bits per heavy atom. The van der Waals surface area contributed by atoms with E-state index in [0.29, 0.717) is 12.1 Å². The summed E-state index contributed by atoms with van der Waals surface area (Å²) in [6.45, 7) is 0. The molecule has 0 aromatic heterocycles. The van der Waals surface area contributed by atoms with Crippen molar-refractivity contribution >= 4 is 11.6 Å². The number of hydrogen-bond acceptors (Lipinski definition) is 2. The molecule has 0 bridgehead atoms. The number of carbonyl (C=O) groups excluding carboxylic acids is 1. The second-order valence-corrected chi connectivity index (χ2v) is 4.75. The minimum atomic E-state index is -0.534. The molecule has 0 fully saturated rings. The molecule has 0 spiro atoms. The normalized spacial score (nSPS) is 16.9. The number of nitrogens with one attached hydrogen (secondary N) is 1. The van der Waals surface area contributed by atoms with Crippen LogP contribution < -0.4 is 10.1 Å². The van der Waals surface area contributed by atoms with Gasteiger partial charge in [0.1, 0.15) is 11.6 Å². The third-order valence-corrected chi connectivity index (χ3v) is 3.30. The van der Waals surface area contributed by atoms with Crippen LogP contribution in [0.15, 0.2) is 48.5 Å². The van der Waals surface area contributed by atoms with Crippen LogP contribution in [0.3, 0.4) is 0 Å². The van der Waals surface area contributed by atoms with Crippen LogP contribution in [0.25, 0.3) is 0 Å². The quantitative estimate of drug-likeness (QED) is 0.911. The summed E-state index contributed by atoms with van der Waals surface area (Å²) in [5.41, 5.74) is 1.56. The molecule has 20 heavy (non-hydrogen) atoms. The van der Waals surface area contributed by atoms with Crippen LogP contribution in [0.2, 0.25) is 0 Å². The van der Waals surface area contributed by atoms with Gasteiger partial charge in [0.05, 0.1) is 0 Å². The fourth-order valence-electron chi connectivity index (χ4n) is 2.30. The van der Waals surface area contributed by atoms with Gasteiger partial charge < -0.3 is 10.1 Å². The van der Waals surface area contributed by atoms with Crippen molar-refractivity contribution in [2.24, 2.45) is 0 Å². The van der Waals surface area contributed by atoms with Gasteiger partial charge in [-0.2, -0.15) is 0 Å². The molecular weight excluding hydrogens is 257 g/mol. The van der Waals surface area contributed by atoms with Gasteiger partial charge in [0.25, 0.3) is 5.91 Å². The molecule has 1 unspecified atom stereocenters. The van der Waals surface area contributed by atoms with E-state index in [2.05, 4.69) is 5.32 Å². The third-order valence-electron chi connectivity index (χ3n) is 3.30. The first-order valence-electron chi connectivity index (χ1n) is 6.53. The van der Waals surface area contributed by atoms with Crippen molar-refractivity contribution in [1.82, 2.24) is 0 Å². The number of anilines is 1. The standard InChI is InChI=1S/C16H14FNO2/c17-12-5-3-6-13(10-12)18-16(19)15-9-8-11-4-1-2-7-14(11)20-15/h1-7,10,15H,8-9H2,(H,18,19). The highest BCUT2D eigenvalue weighted by Crippen LogP contribution is 2.27. The molecule has 1 aliphatic heterocycles. The average molecular weight is 271 g/mol. The van der Waals surface area contributed by atoms with Crippen LogP contribution in [-0.4, -0.2) is 12.0 Å². The highest BCUT2D eigenvalue weighted by Gasteiger charge is 2.25. The summed E-state index contributed by atoms with van der Waals surface area (Å²) in [5, 5.41) is 2.68. The zero-order valence-electron chi connectivity index (χ0n) is 10.8. The van der Waals surface area contributed by atoms with Gasteiger partial charge in [-0.25, -0.2) is 4.39 Å². The van der Waals surface area contributed by atoms with Gasteiger partial charge in [0.15, 0.2) is 6.10 Å². The van der Waals surface area contributed by atoms with E-state index >= 15 is 0 Å². The molecule has 2 aromatic rings. The van der Waals surface area contributed by atoms with Gasteiger partial charge in [-0.15, -0.1) is 0 Å². The van der Waals surface area contributed by atoms with Crippen molar-refractivity contribution in [2.75, 3.05) is 5.32 Å². The van der Waals surface area contributed by atoms with Crippen LogP contribution in [0.4, 0.5) is 10.1 Å². The van der Waals surface area contributed by atoms with Crippen molar-refractivity contribution in [3.63, 3.8) is 0 Å². The first-order chi connectivity index (χ1) is 9.72. The predicted octanol–water partition coefficient (Wildman–Crippen LogP) is 3.16. The Balaban J connectivity index is 1.70. The minimum Gasteiger partial charge on any atom is -0.480 e. The lowest BCUT2D eigenvalue weighted by Gasteiger charge is -2.25. The second kappa shape index (κ2) is 5.33. The summed E-state index contributed by atoms with van der Waals surface area (Å²) < 4.78 is 18.8. The van der Waals surface area contributed by atoms with Crippen LogP contribution in [0, 0.1) is 5.82 Å². The SMILES string of the molecule is O=C(Nc1cccc(F)c1)C1CCc2ccccc2O1. The fraction of sp³-hybridized carbons (Fsp3) is 0.188. The van der Waals surface area contributed by atoms with Crippen molar-refractivity contribution in [1.29, 1.82) is 0 Å². The van der Waals surface area contributed by atoms with Crippen LogP contribution in [-0.2, 0) is 11.2 Å². The number of carbonyl (C=O) groups is 1. The predicted molar refractivity (Wildman–Crippen MR) is 74.2 cm³/mol. The summed E-state index contributed by atoms with van der Waals surface area (Å²) in [4.78, 5) is 12.1. The maximum absolute atomic E-state index is 13.1. The summed E-state index contributed by atoms with van der Waals surface area (Å²) >= 11 is 0. The van der Waals surface area contributed by atoms with E-state index in [0.717, 1.165) is 17.7 Å². The molecule has 1 atom stereocenters. The van der Waals surface area contributed by atoms with Crippen molar-refractivity contribution < 1.29 is 13.9 Å². The molecule has 1 N–H and O–H groups in total. The Labute approximate surface area is 116 Å². The monoisotopic (exact) mass is 271 g/mol. The molecule has 1 heterocycles. The van der Waals surface area contributed by atoms with Gasteiger partial charge >= 0.3 is 0 Å². The summed E-state index contributed by atoms with van der Waals surface area (Å²) in [6, 6.07) is 13.5. The molecule has 2 aromatic carbocycles. The highest BCUT2D eigenvalue weighted by atomic mass is 19.1. The van der Waals surface area contributed by atoms with E-state index in [9.17, 15) is 9.18 Å². The van der Waals surface area contributed by atoms with E-state index in [1.54, 1.807) is 12.1 Å². The van der Waals surface area contributed by atoms with Crippen molar-refractivity contribution in [3.8, 4) is 5.75 Å². The van der Waals surface area contributed by atoms with Crippen LogP contribution in [0.1, 0.15) is 12.0 Å². The Hall–Kier alpha value is -2.36. The number of ether oxygens (including phenoxy) is 1. The maximum Gasteiger partial charge on any atom is 0.265 e. The topological polar surface area (TPSA) is 38.3 Å². The lowest BCUT2D eigenvalue weighted by Crippen LogP contribution is -2.35. The Morgan fingerprint density at radius 3 is 2.90 bits per heavy atom. The molecular formula is C16H14FNO2. The Kier molecular flexibility index (Phi) is 3.37. The molecule has 0 aliphatic carbocycles. The average Bonchev–Trinajstić information content (AvgIpc) is 2.47. The number of aryl methyl sites for hydroxylation is 1. The zero-order valence-corrected chi connectivity index (χ0v) is 10.8. The molecule has 1 aliphatic rings. The number of halogens is 1. The first-order valence-corrected chi connectivity index (χ1v) is 6.53. The summed E-state index contributed by atoms with van der Waals surface area (Å²) in [5.74, 6) is 0.126. The van der Waals surface area contributed by atoms with Crippen LogP contribution >= 0.6 is 0 Å². The van der Waals surface area contributed by atoms with Crippen LogP contribution in [0.5, 0.6) is 5.75 Å². The van der Waals surface area contributed by atoms with Gasteiger partial charge in [-0.05, 0) is 42.7 Å². The van der Waals surface area contributed by atoms with E-state index in [1.807, 2.05) is 24.3 Å². The summed E-state index contributed by atoms with van der Waals surface area (Å²) in [6.07, 6.45) is 0.892. The number of para-hydroxylation sites is 1. The van der Waals surface area contributed by atoms with Crippen molar-refractivity contribution in [3.05, 3.63) is 59.9 Å². The summed E-state index contributed by atoms with van der Waals surface area (Å²) in [7, 11) is 0. The molecule has 3 rings (SSSR count). The van der Waals surface area contributed by atoms with Crippen molar-refractivity contribution in [2.45, 2.75) is 18.9 Å². The zero-order chi connectivity index (χ0) is 13.9. The number of amides is 1. The smallest absolute Gasteiger partial charge is 0.265 e. The molecule has 102 valence electrons. The Bertz CT molecular complexity index is 642. The van der Waals surface area contributed by atoms with E-state index in [-0.39, 0.29) is 11.7 Å². The number of rotatable bonds is 2. The second-order valence-electron chi connectivity index (χ2n) is 4.75. The van der Waals surface area contributed by atoms with E-state index < -0.39 is 6.10 Å². The van der Waals surface area contributed by atoms with Gasteiger partial charge in [0, 0.05) is 5.69 Å². The number of hydrogen-bond donors (Lipinski definition) is 1. The van der Waals surface area contributed by atoms with E-state index in [4.69, 9.17) is 4.74 Å². The first kappa shape index (κ1) is 12.7. The molecule has 4 heteroatoms. The molecule has 1 amide bonds. The van der Waals surface area contributed by atoms with Gasteiger partial charge in [-0.1, -0.05) is 24.3 Å². The lowest BCUT2D eigenvalue weighted by molar-refractivity contribution is -0.123. The Morgan fingerprint density at radius 1 is 1.20 bits per heavy atom. The molecule has 0 saturated carbocycles. The fourth-order valence-corrected chi connectivity index (χ4v) is 2.30.